The molecule has 1 saturated heterocycles. The van der Waals surface area contributed by atoms with Crippen LogP contribution in [0.4, 0.5) is 0 Å². The molecule has 0 radical (unpaired) electrons. The highest BCUT2D eigenvalue weighted by molar-refractivity contribution is 5.83. The molecule has 0 bridgehead atoms. The van der Waals surface area contributed by atoms with Crippen LogP contribution in [0, 0.1) is 0 Å². The Balaban J connectivity index is 1.93. The van der Waals surface area contributed by atoms with Crippen molar-refractivity contribution in [2.24, 2.45) is 0 Å². The van der Waals surface area contributed by atoms with Crippen molar-refractivity contribution in [2.75, 3.05) is 20.1 Å². The molecule has 2 atom stereocenters. The van der Waals surface area contributed by atoms with Crippen molar-refractivity contribution in [2.45, 2.75) is 38.8 Å². The van der Waals surface area contributed by atoms with Crippen LogP contribution in [0.3, 0.4) is 0 Å². The summed E-state index contributed by atoms with van der Waals surface area (Å²) in [5.41, 5.74) is 1.24. The summed E-state index contributed by atoms with van der Waals surface area (Å²) in [4.78, 5) is 13.5. The number of rotatable bonds is 6. The Hall–Kier alpha value is -1.55. The van der Waals surface area contributed by atoms with Gasteiger partial charge in [-0.1, -0.05) is 19.1 Å². The van der Waals surface area contributed by atoms with E-state index in [1.165, 1.54) is 5.56 Å². The number of likely N-dealkylation sites (tertiary alicyclic amines) is 1. The van der Waals surface area contributed by atoms with Gasteiger partial charge in [0.15, 0.2) is 6.10 Å². The summed E-state index contributed by atoms with van der Waals surface area (Å²) in [7, 11) is 1.82. The molecule has 0 saturated carbocycles. The normalized spacial score (nSPS) is 20.2. The largest absolute Gasteiger partial charge is 0.481 e. The number of hydrogen-bond acceptors (Lipinski definition) is 3. The number of likely N-dealkylation sites (N-methyl/N-ethyl adjacent to an activating group) is 1. The van der Waals surface area contributed by atoms with Gasteiger partial charge in [0, 0.05) is 26.1 Å². The van der Waals surface area contributed by atoms with Gasteiger partial charge in [0.25, 0.3) is 5.91 Å². The Bertz CT molecular complexity index is 444. The fourth-order valence-electron chi connectivity index (χ4n) is 2.38. The number of amides is 1. The second kappa shape index (κ2) is 6.75. The molecule has 1 heterocycles. The minimum atomic E-state index is -0.318. The molecule has 4 nitrogen and oxygen atoms in total. The zero-order valence-electron chi connectivity index (χ0n) is 12.6. The van der Waals surface area contributed by atoms with Gasteiger partial charge in [-0.15, -0.1) is 0 Å². The molecule has 1 aliphatic rings. The third-order valence-corrected chi connectivity index (χ3v) is 3.74. The third kappa shape index (κ3) is 3.51. The lowest BCUT2D eigenvalue weighted by molar-refractivity contribution is -0.132. The second-order valence-electron chi connectivity index (χ2n) is 5.40. The van der Waals surface area contributed by atoms with Gasteiger partial charge in [0.2, 0.25) is 0 Å². The molecule has 0 aromatic heterocycles. The van der Waals surface area contributed by atoms with Gasteiger partial charge in [0.05, 0.1) is 0 Å². The van der Waals surface area contributed by atoms with E-state index >= 15 is 0 Å². The highest BCUT2D eigenvalue weighted by Gasteiger charge is 2.30. The van der Waals surface area contributed by atoms with E-state index in [2.05, 4.69) is 31.3 Å². The van der Waals surface area contributed by atoms with Gasteiger partial charge in [-0.25, -0.2) is 0 Å². The summed E-state index contributed by atoms with van der Waals surface area (Å²) in [6, 6.07) is 8.36. The average Bonchev–Trinajstić information content (AvgIpc) is 2.77. The molecule has 110 valence electrons. The van der Waals surface area contributed by atoms with Crippen LogP contribution in [0.15, 0.2) is 24.3 Å². The molecule has 1 aromatic carbocycles. The summed E-state index contributed by atoms with van der Waals surface area (Å²) in [6.45, 7) is 6.11. The molecule has 2 rings (SSSR count). The summed E-state index contributed by atoms with van der Waals surface area (Å²) in [5.74, 6) is 0.845. The Morgan fingerprint density at radius 1 is 1.40 bits per heavy atom. The maximum Gasteiger partial charge on any atom is 0.263 e. The maximum atomic E-state index is 11.8. The molecule has 0 spiro atoms. The third-order valence-electron chi connectivity index (χ3n) is 3.74. The van der Waals surface area contributed by atoms with Crippen LogP contribution in [0.1, 0.15) is 38.3 Å². The van der Waals surface area contributed by atoms with Gasteiger partial charge in [0.1, 0.15) is 5.75 Å². The number of nitrogens with one attached hydrogen (secondary N) is 1. The highest BCUT2D eigenvalue weighted by atomic mass is 16.5. The molecule has 4 heteroatoms. The summed E-state index contributed by atoms with van der Waals surface area (Å²) >= 11 is 0. The highest BCUT2D eigenvalue weighted by Crippen LogP contribution is 2.21. The van der Waals surface area contributed by atoms with Crippen molar-refractivity contribution in [3.8, 4) is 5.75 Å². The van der Waals surface area contributed by atoms with E-state index in [9.17, 15) is 4.79 Å². The molecule has 1 N–H and O–H groups in total. The van der Waals surface area contributed by atoms with Crippen LogP contribution in [-0.2, 0) is 4.79 Å². The van der Waals surface area contributed by atoms with Gasteiger partial charge < -0.3 is 15.0 Å². The molecule has 2 unspecified atom stereocenters. The molecule has 20 heavy (non-hydrogen) atoms. The van der Waals surface area contributed by atoms with Crippen LogP contribution in [-0.4, -0.2) is 37.0 Å². The van der Waals surface area contributed by atoms with Gasteiger partial charge in [-0.05, 0) is 37.6 Å². The van der Waals surface area contributed by atoms with Crippen LogP contribution < -0.4 is 10.1 Å². The number of hydrogen-bond donors (Lipinski definition) is 1. The monoisotopic (exact) mass is 276 g/mol. The lowest BCUT2D eigenvalue weighted by Crippen LogP contribution is -2.29. The van der Waals surface area contributed by atoms with E-state index in [1.807, 2.05) is 19.2 Å². The first-order valence-corrected chi connectivity index (χ1v) is 7.36. The molecule has 1 aliphatic heterocycles. The number of benzene rings is 1. The Labute approximate surface area is 121 Å². The van der Waals surface area contributed by atoms with Gasteiger partial charge in [-0.3, -0.25) is 4.79 Å². The molecule has 0 aliphatic carbocycles. The first-order chi connectivity index (χ1) is 9.61. The van der Waals surface area contributed by atoms with Crippen molar-refractivity contribution in [1.29, 1.82) is 0 Å². The first-order valence-electron chi connectivity index (χ1n) is 7.36. The van der Waals surface area contributed by atoms with Crippen LogP contribution in [0.5, 0.6) is 5.75 Å². The SMILES string of the molecule is CCCNC(C)c1ccc(OC2CCN(C)C2=O)cc1. The number of nitrogens with zero attached hydrogens (tertiary/aromatic N) is 1. The first kappa shape index (κ1) is 14.9. The summed E-state index contributed by atoms with van der Waals surface area (Å²) in [6.07, 6.45) is 1.58. The lowest BCUT2D eigenvalue weighted by atomic mass is 10.1. The van der Waals surface area contributed by atoms with E-state index in [0.29, 0.717) is 6.04 Å². The predicted molar refractivity (Wildman–Crippen MR) is 79.8 cm³/mol. The number of carbonyl (C=O) groups excluding carboxylic acids is 1. The number of ether oxygens (including phenoxy) is 1. The van der Waals surface area contributed by atoms with Crippen molar-refractivity contribution in [3.05, 3.63) is 29.8 Å². The van der Waals surface area contributed by atoms with Gasteiger partial charge >= 0.3 is 0 Å². The fourth-order valence-corrected chi connectivity index (χ4v) is 2.38. The standard InChI is InChI=1S/C16H24N2O2/c1-4-10-17-12(2)13-5-7-14(8-6-13)20-15-9-11-18(3)16(15)19/h5-8,12,15,17H,4,9-11H2,1-3H3. The van der Waals surface area contributed by atoms with Crippen molar-refractivity contribution < 1.29 is 9.53 Å². The second-order valence-corrected chi connectivity index (χ2v) is 5.40. The van der Waals surface area contributed by atoms with E-state index < -0.39 is 0 Å². The molecule has 1 amide bonds. The minimum Gasteiger partial charge on any atom is -0.481 e. The smallest absolute Gasteiger partial charge is 0.263 e. The average molecular weight is 276 g/mol. The van der Waals surface area contributed by atoms with Crippen LogP contribution in [0.25, 0.3) is 0 Å². The molecule has 1 fully saturated rings. The number of carbonyl (C=O) groups is 1. The van der Waals surface area contributed by atoms with E-state index in [1.54, 1.807) is 4.90 Å². The Morgan fingerprint density at radius 3 is 2.65 bits per heavy atom. The van der Waals surface area contributed by atoms with Crippen LogP contribution >= 0.6 is 0 Å². The van der Waals surface area contributed by atoms with E-state index in [-0.39, 0.29) is 12.0 Å². The van der Waals surface area contributed by atoms with Crippen LogP contribution in [0.2, 0.25) is 0 Å². The Morgan fingerprint density at radius 2 is 2.10 bits per heavy atom. The minimum absolute atomic E-state index is 0.0760. The van der Waals surface area contributed by atoms with E-state index in [4.69, 9.17) is 4.74 Å². The van der Waals surface area contributed by atoms with E-state index in [0.717, 1.165) is 31.7 Å². The Kier molecular flexibility index (Phi) is 5.01. The van der Waals surface area contributed by atoms with Crippen molar-refractivity contribution >= 4 is 5.91 Å². The molecule has 1 aromatic rings. The summed E-state index contributed by atoms with van der Waals surface area (Å²) in [5, 5.41) is 3.45. The summed E-state index contributed by atoms with van der Waals surface area (Å²) < 4.78 is 5.76. The topological polar surface area (TPSA) is 41.6 Å². The predicted octanol–water partition coefficient (Wildman–Crippen LogP) is 2.36. The fraction of sp³-hybridized carbons (Fsp3) is 0.562. The lowest BCUT2D eigenvalue weighted by Gasteiger charge is -2.16. The quantitative estimate of drug-likeness (QED) is 0.867. The molecular formula is C16H24N2O2. The molecular weight excluding hydrogens is 252 g/mol. The maximum absolute atomic E-state index is 11.8. The van der Waals surface area contributed by atoms with Crippen molar-refractivity contribution in [3.63, 3.8) is 0 Å². The zero-order chi connectivity index (χ0) is 14.5. The zero-order valence-corrected chi connectivity index (χ0v) is 12.6. The van der Waals surface area contributed by atoms with Crippen molar-refractivity contribution in [1.82, 2.24) is 10.2 Å². The van der Waals surface area contributed by atoms with Gasteiger partial charge in [-0.2, -0.15) is 0 Å².